The number of sulfonamides is 1. The van der Waals surface area contributed by atoms with Crippen molar-refractivity contribution in [1.29, 1.82) is 0 Å². The fourth-order valence-electron chi connectivity index (χ4n) is 2.30. The van der Waals surface area contributed by atoms with E-state index in [-0.39, 0.29) is 15.6 Å². The molecule has 0 N–H and O–H groups in total. The van der Waals surface area contributed by atoms with Gasteiger partial charge in [0.05, 0.1) is 9.82 Å². The lowest BCUT2D eigenvalue weighted by molar-refractivity contribution is -0.384. The third-order valence-electron chi connectivity index (χ3n) is 3.37. The number of nitro groups is 1. The molecule has 2 rings (SSSR count). The van der Waals surface area contributed by atoms with Crippen LogP contribution in [-0.2, 0) is 10.0 Å². The van der Waals surface area contributed by atoms with E-state index in [1.807, 2.05) is 0 Å². The van der Waals surface area contributed by atoms with Gasteiger partial charge in [-0.25, -0.2) is 8.42 Å². The van der Waals surface area contributed by atoms with Gasteiger partial charge in [0.2, 0.25) is 10.0 Å². The fraction of sp³-hybridized carbons (Fsp3) is 0.500. The Labute approximate surface area is 122 Å². The minimum absolute atomic E-state index is 0.0319. The first-order valence-electron chi connectivity index (χ1n) is 6.28. The Morgan fingerprint density at radius 2 is 1.85 bits per heavy atom. The predicted molar refractivity (Wildman–Crippen MR) is 75.5 cm³/mol. The zero-order valence-electron chi connectivity index (χ0n) is 11.0. The molecule has 8 heteroatoms. The summed E-state index contributed by atoms with van der Waals surface area (Å²) in [5.74, 6) is 0. The van der Waals surface area contributed by atoms with Gasteiger partial charge in [0.15, 0.2) is 0 Å². The molecular weight excluding hydrogens is 304 g/mol. The second kappa shape index (κ2) is 5.67. The Morgan fingerprint density at radius 3 is 2.40 bits per heavy atom. The Bertz CT molecular complexity index is 639. The average Bonchev–Trinajstić information content (AvgIpc) is 2.39. The van der Waals surface area contributed by atoms with Crippen LogP contribution in [0.4, 0.5) is 5.69 Å². The Morgan fingerprint density at radius 1 is 1.25 bits per heavy atom. The second-order valence-corrected chi connectivity index (χ2v) is 7.10. The summed E-state index contributed by atoms with van der Waals surface area (Å²) in [5, 5.41) is 10.9. The quantitative estimate of drug-likeness (QED) is 0.634. The van der Waals surface area contributed by atoms with Crippen LogP contribution in [0.15, 0.2) is 17.0 Å². The molecule has 0 aliphatic carbocycles. The van der Waals surface area contributed by atoms with Crippen molar-refractivity contribution in [3.05, 3.63) is 32.8 Å². The van der Waals surface area contributed by atoms with E-state index in [9.17, 15) is 18.5 Å². The highest BCUT2D eigenvalue weighted by Crippen LogP contribution is 2.32. The summed E-state index contributed by atoms with van der Waals surface area (Å²) in [6.07, 6.45) is 2.63. The number of aryl methyl sites for hydroxylation is 1. The summed E-state index contributed by atoms with van der Waals surface area (Å²) in [4.78, 5) is 10.2. The predicted octanol–water partition coefficient (Wildman–Crippen LogP) is 2.73. The van der Waals surface area contributed by atoms with Crippen LogP contribution in [0, 0.1) is 17.0 Å². The SMILES string of the molecule is Cc1cc(Cl)c([N+](=O)[O-])cc1S(=O)(=O)N1CCCCC1. The zero-order chi connectivity index (χ0) is 14.9. The summed E-state index contributed by atoms with van der Waals surface area (Å²) in [7, 11) is -3.70. The molecule has 0 amide bonds. The second-order valence-electron chi connectivity index (χ2n) is 4.79. The number of halogens is 1. The molecule has 0 bridgehead atoms. The summed E-state index contributed by atoms with van der Waals surface area (Å²) in [5.41, 5.74) is 0.0408. The van der Waals surface area contributed by atoms with Gasteiger partial charge in [-0.15, -0.1) is 0 Å². The maximum atomic E-state index is 12.6. The zero-order valence-corrected chi connectivity index (χ0v) is 12.6. The molecule has 0 saturated carbocycles. The average molecular weight is 319 g/mol. The molecule has 1 fully saturated rings. The smallest absolute Gasteiger partial charge is 0.258 e. The third kappa shape index (κ3) is 2.79. The van der Waals surface area contributed by atoms with Gasteiger partial charge in [-0.3, -0.25) is 10.1 Å². The molecule has 0 aromatic heterocycles. The van der Waals surface area contributed by atoms with Crippen molar-refractivity contribution in [3.8, 4) is 0 Å². The van der Waals surface area contributed by atoms with Crippen LogP contribution in [0.2, 0.25) is 5.02 Å². The van der Waals surface area contributed by atoms with Crippen molar-refractivity contribution in [1.82, 2.24) is 4.31 Å². The maximum absolute atomic E-state index is 12.6. The van der Waals surface area contributed by atoms with Crippen LogP contribution in [0.1, 0.15) is 24.8 Å². The summed E-state index contributed by atoms with van der Waals surface area (Å²) in [6, 6.07) is 2.39. The van der Waals surface area contributed by atoms with E-state index in [0.29, 0.717) is 18.7 Å². The molecule has 20 heavy (non-hydrogen) atoms. The molecular formula is C12H15ClN2O4S. The molecule has 6 nitrogen and oxygen atoms in total. The van der Waals surface area contributed by atoms with Crippen molar-refractivity contribution in [2.24, 2.45) is 0 Å². The van der Waals surface area contributed by atoms with Gasteiger partial charge in [0.1, 0.15) is 5.02 Å². The van der Waals surface area contributed by atoms with Crippen LogP contribution in [0.25, 0.3) is 0 Å². The van der Waals surface area contributed by atoms with Crippen LogP contribution in [0.3, 0.4) is 0 Å². The van der Waals surface area contributed by atoms with Gasteiger partial charge >= 0.3 is 0 Å². The number of piperidine rings is 1. The van der Waals surface area contributed by atoms with Crippen molar-refractivity contribution < 1.29 is 13.3 Å². The molecule has 1 aliphatic rings. The summed E-state index contributed by atoms with van der Waals surface area (Å²) < 4.78 is 26.5. The minimum atomic E-state index is -3.70. The Kier molecular flexibility index (Phi) is 4.31. The molecule has 110 valence electrons. The summed E-state index contributed by atoms with van der Waals surface area (Å²) in [6.45, 7) is 2.50. The molecule has 0 atom stereocenters. The van der Waals surface area contributed by atoms with Crippen LogP contribution in [-0.4, -0.2) is 30.7 Å². The first kappa shape index (κ1) is 15.2. The maximum Gasteiger partial charge on any atom is 0.289 e. The van der Waals surface area contributed by atoms with Crippen molar-refractivity contribution >= 4 is 27.3 Å². The van der Waals surface area contributed by atoms with Gasteiger partial charge in [-0.2, -0.15) is 4.31 Å². The van der Waals surface area contributed by atoms with E-state index >= 15 is 0 Å². The number of nitrogens with zero attached hydrogens (tertiary/aromatic N) is 2. The lowest BCUT2D eigenvalue weighted by atomic mass is 10.2. The highest BCUT2D eigenvalue weighted by Gasteiger charge is 2.30. The van der Waals surface area contributed by atoms with E-state index < -0.39 is 14.9 Å². The van der Waals surface area contributed by atoms with E-state index in [4.69, 9.17) is 11.6 Å². The molecule has 1 heterocycles. The molecule has 1 aromatic rings. The number of hydrogen-bond donors (Lipinski definition) is 0. The van der Waals surface area contributed by atoms with E-state index in [0.717, 1.165) is 25.3 Å². The largest absolute Gasteiger partial charge is 0.289 e. The molecule has 0 unspecified atom stereocenters. The van der Waals surface area contributed by atoms with E-state index in [1.165, 1.54) is 10.4 Å². The molecule has 1 saturated heterocycles. The number of benzene rings is 1. The van der Waals surface area contributed by atoms with Crippen LogP contribution >= 0.6 is 11.6 Å². The van der Waals surface area contributed by atoms with Gasteiger partial charge in [-0.05, 0) is 31.4 Å². The normalized spacial score (nSPS) is 17.1. The van der Waals surface area contributed by atoms with Gasteiger partial charge in [-0.1, -0.05) is 18.0 Å². The lowest BCUT2D eigenvalue weighted by Crippen LogP contribution is -2.36. The molecule has 0 radical (unpaired) electrons. The van der Waals surface area contributed by atoms with Crippen LogP contribution in [0.5, 0.6) is 0 Å². The molecule has 1 aromatic carbocycles. The van der Waals surface area contributed by atoms with Gasteiger partial charge < -0.3 is 0 Å². The van der Waals surface area contributed by atoms with Crippen molar-refractivity contribution in [2.75, 3.05) is 13.1 Å². The lowest BCUT2D eigenvalue weighted by Gasteiger charge is -2.26. The van der Waals surface area contributed by atoms with E-state index in [1.54, 1.807) is 6.92 Å². The minimum Gasteiger partial charge on any atom is -0.258 e. The number of nitro benzene ring substituents is 1. The first-order chi connectivity index (χ1) is 9.34. The Balaban J connectivity index is 2.50. The van der Waals surface area contributed by atoms with Crippen molar-refractivity contribution in [2.45, 2.75) is 31.1 Å². The number of hydrogen-bond acceptors (Lipinski definition) is 4. The monoisotopic (exact) mass is 318 g/mol. The number of rotatable bonds is 3. The van der Waals surface area contributed by atoms with Crippen molar-refractivity contribution in [3.63, 3.8) is 0 Å². The van der Waals surface area contributed by atoms with Crippen LogP contribution < -0.4 is 0 Å². The van der Waals surface area contributed by atoms with E-state index in [2.05, 4.69) is 0 Å². The molecule has 0 spiro atoms. The topological polar surface area (TPSA) is 80.5 Å². The third-order valence-corrected chi connectivity index (χ3v) is 5.72. The Hall–Kier alpha value is -1.18. The highest BCUT2D eigenvalue weighted by molar-refractivity contribution is 7.89. The fourth-order valence-corrected chi connectivity index (χ4v) is 4.33. The van der Waals surface area contributed by atoms with Gasteiger partial charge in [0, 0.05) is 19.2 Å². The summed E-state index contributed by atoms with van der Waals surface area (Å²) >= 11 is 5.78. The van der Waals surface area contributed by atoms with Gasteiger partial charge in [0.25, 0.3) is 5.69 Å². The first-order valence-corrected chi connectivity index (χ1v) is 8.10. The standard InChI is InChI=1S/C12H15ClN2O4S/c1-9-7-10(13)11(15(16)17)8-12(9)20(18,19)14-5-3-2-4-6-14/h7-8H,2-6H2,1H3. The molecule has 1 aliphatic heterocycles. The highest BCUT2D eigenvalue weighted by atomic mass is 35.5.